The lowest BCUT2D eigenvalue weighted by molar-refractivity contribution is -0.134. The molecule has 0 atom stereocenters. The van der Waals surface area contributed by atoms with E-state index in [1.165, 1.54) is 0 Å². The first-order valence-corrected chi connectivity index (χ1v) is 9.30. The molecule has 2 aliphatic rings. The fourth-order valence-corrected chi connectivity index (χ4v) is 3.76. The van der Waals surface area contributed by atoms with Crippen molar-refractivity contribution in [2.45, 2.75) is 31.4 Å². The Bertz CT molecular complexity index is 686. The highest BCUT2D eigenvalue weighted by molar-refractivity contribution is 5.91. The minimum atomic E-state index is -0.921. The minimum Gasteiger partial charge on any atom is -0.445 e. The number of hydrogen-bond donors (Lipinski definition) is 2. The van der Waals surface area contributed by atoms with Gasteiger partial charge in [0, 0.05) is 33.2 Å². The molecule has 1 aromatic rings. The van der Waals surface area contributed by atoms with Crippen molar-refractivity contribution in [1.82, 2.24) is 20.4 Å². The van der Waals surface area contributed by atoms with E-state index in [0.29, 0.717) is 39.0 Å². The predicted molar refractivity (Wildman–Crippen MR) is 99.0 cm³/mol. The first-order chi connectivity index (χ1) is 13.1. The van der Waals surface area contributed by atoms with Gasteiger partial charge in [0.15, 0.2) is 0 Å². The summed E-state index contributed by atoms with van der Waals surface area (Å²) in [5.41, 5.74) is 0.00249. The van der Waals surface area contributed by atoms with Crippen LogP contribution in [0.5, 0.6) is 0 Å². The Morgan fingerprint density at radius 3 is 2.52 bits per heavy atom. The number of rotatable bonds is 4. The molecule has 0 saturated carbocycles. The molecule has 27 heavy (non-hydrogen) atoms. The number of benzene rings is 1. The van der Waals surface area contributed by atoms with E-state index in [0.717, 1.165) is 12.0 Å². The van der Waals surface area contributed by atoms with Crippen molar-refractivity contribution in [2.75, 3.05) is 33.2 Å². The Labute approximate surface area is 158 Å². The lowest BCUT2D eigenvalue weighted by atomic mass is 9.84. The predicted octanol–water partition coefficient (Wildman–Crippen LogP) is 1.32. The quantitative estimate of drug-likeness (QED) is 0.832. The molecule has 0 spiro atoms. The van der Waals surface area contributed by atoms with Crippen molar-refractivity contribution < 1.29 is 19.1 Å². The molecular formula is C19H26N4O4. The molecule has 0 unspecified atom stereocenters. The van der Waals surface area contributed by atoms with Crippen LogP contribution in [0.4, 0.5) is 9.59 Å². The number of piperidine rings is 1. The maximum atomic E-state index is 12.7. The third-order valence-electron chi connectivity index (χ3n) is 5.30. The lowest BCUT2D eigenvalue weighted by Gasteiger charge is -2.48. The molecule has 2 aliphatic heterocycles. The Morgan fingerprint density at radius 2 is 1.89 bits per heavy atom. The first kappa shape index (κ1) is 19.0. The van der Waals surface area contributed by atoms with Gasteiger partial charge in [0.25, 0.3) is 0 Å². The van der Waals surface area contributed by atoms with E-state index >= 15 is 0 Å². The molecule has 0 bridgehead atoms. The van der Waals surface area contributed by atoms with Crippen LogP contribution in [0, 0.1) is 0 Å². The van der Waals surface area contributed by atoms with Gasteiger partial charge in [-0.15, -0.1) is 0 Å². The highest BCUT2D eigenvalue weighted by Crippen LogP contribution is 2.31. The number of urea groups is 1. The van der Waals surface area contributed by atoms with Crippen LogP contribution in [0.15, 0.2) is 30.3 Å². The summed E-state index contributed by atoms with van der Waals surface area (Å²) in [6.45, 7) is 2.11. The van der Waals surface area contributed by atoms with E-state index in [2.05, 4.69) is 10.6 Å². The van der Waals surface area contributed by atoms with Crippen LogP contribution in [-0.4, -0.2) is 66.6 Å². The third-order valence-corrected chi connectivity index (χ3v) is 5.30. The average Bonchev–Trinajstić information content (AvgIpc) is 2.72. The van der Waals surface area contributed by atoms with Crippen LogP contribution >= 0.6 is 0 Å². The van der Waals surface area contributed by atoms with Gasteiger partial charge in [-0.2, -0.15) is 0 Å². The smallest absolute Gasteiger partial charge is 0.410 e. The van der Waals surface area contributed by atoms with E-state index in [1.54, 1.807) is 16.8 Å². The van der Waals surface area contributed by atoms with Crippen LogP contribution in [0.2, 0.25) is 0 Å². The summed E-state index contributed by atoms with van der Waals surface area (Å²) in [7, 11) is 1.58. The molecule has 0 radical (unpaired) electrons. The van der Waals surface area contributed by atoms with Crippen molar-refractivity contribution in [3.05, 3.63) is 35.9 Å². The molecule has 1 aromatic carbocycles. The number of hydrogen-bond acceptors (Lipinski definition) is 4. The molecule has 3 rings (SSSR count). The van der Waals surface area contributed by atoms with Crippen LogP contribution in [0.1, 0.15) is 24.8 Å². The molecule has 146 valence electrons. The molecule has 2 fully saturated rings. The lowest BCUT2D eigenvalue weighted by Crippen LogP contribution is -2.67. The fourth-order valence-electron chi connectivity index (χ4n) is 3.76. The van der Waals surface area contributed by atoms with Crippen molar-refractivity contribution in [3.8, 4) is 0 Å². The molecular weight excluding hydrogens is 348 g/mol. The van der Waals surface area contributed by atoms with Gasteiger partial charge in [-0.05, 0) is 24.8 Å². The number of carbonyl (C=O) groups is 3. The highest BCUT2D eigenvalue weighted by Gasteiger charge is 2.49. The van der Waals surface area contributed by atoms with Gasteiger partial charge in [0.05, 0.1) is 0 Å². The first-order valence-electron chi connectivity index (χ1n) is 9.30. The number of nitrogens with one attached hydrogen (secondary N) is 2. The van der Waals surface area contributed by atoms with E-state index in [9.17, 15) is 14.4 Å². The highest BCUT2D eigenvalue weighted by atomic mass is 16.6. The topological polar surface area (TPSA) is 91.0 Å². The van der Waals surface area contributed by atoms with E-state index < -0.39 is 11.6 Å². The summed E-state index contributed by atoms with van der Waals surface area (Å²) in [6.07, 6.45) is 1.18. The van der Waals surface area contributed by atoms with Gasteiger partial charge in [-0.3, -0.25) is 4.79 Å². The monoisotopic (exact) mass is 374 g/mol. The molecule has 4 amide bonds. The standard InChI is InChI=1S/C19H26N4O4/c1-20-16(24)19(23-11-5-10-21-17(23)25)8-12-22(13-9-19)18(26)27-14-15-6-3-2-4-7-15/h2-4,6-7H,5,8-14H2,1H3,(H,20,24)(H,21,25). The van der Waals surface area contributed by atoms with Gasteiger partial charge in [-0.25, -0.2) is 9.59 Å². The zero-order chi connectivity index (χ0) is 19.3. The third kappa shape index (κ3) is 3.99. The number of likely N-dealkylation sites (N-methyl/N-ethyl adjacent to an activating group) is 1. The SMILES string of the molecule is CNC(=O)C1(N2CCCNC2=O)CCN(C(=O)OCc2ccccc2)CC1. The number of carbonyl (C=O) groups excluding carboxylic acids is 3. The van der Waals surface area contributed by atoms with Gasteiger partial charge in [0.2, 0.25) is 5.91 Å². The molecule has 2 N–H and O–H groups in total. The Morgan fingerprint density at radius 1 is 1.19 bits per heavy atom. The van der Waals surface area contributed by atoms with Crippen LogP contribution in [0.3, 0.4) is 0 Å². The molecule has 2 heterocycles. The van der Waals surface area contributed by atoms with Crippen LogP contribution in [-0.2, 0) is 16.1 Å². The summed E-state index contributed by atoms with van der Waals surface area (Å²) in [6, 6.07) is 9.27. The van der Waals surface area contributed by atoms with Crippen molar-refractivity contribution in [2.24, 2.45) is 0 Å². The van der Waals surface area contributed by atoms with Crippen molar-refractivity contribution in [1.29, 1.82) is 0 Å². The number of likely N-dealkylation sites (tertiary alicyclic amines) is 1. The minimum absolute atomic E-state index is 0.183. The Balaban J connectivity index is 1.62. The van der Waals surface area contributed by atoms with Crippen LogP contribution in [0.25, 0.3) is 0 Å². The number of amides is 4. The Kier molecular flexibility index (Phi) is 5.83. The molecule has 0 aliphatic carbocycles. The van der Waals surface area contributed by atoms with Gasteiger partial charge in [-0.1, -0.05) is 30.3 Å². The summed E-state index contributed by atoms with van der Waals surface area (Å²) < 4.78 is 5.38. The summed E-state index contributed by atoms with van der Waals surface area (Å²) in [4.78, 5) is 40.6. The summed E-state index contributed by atoms with van der Waals surface area (Å²) in [5.74, 6) is -0.183. The summed E-state index contributed by atoms with van der Waals surface area (Å²) in [5, 5.41) is 5.50. The molecule has 8 heteroatoms. The largest absolute Gasteiger partial charge is 0.445 e. The zero-order valence-corrected chi connectivity index (χ0v) is 15.6. The van der Waals surface area contributed by atoms with E-state index in [-0.39, 0.29) is 18.5 Å². The fraction of sp³-hybridized carbons (Fsp3) is 0.526. The second kappa shape index (κ2) is 8.28. The van der Waals surface area contributed by atoms with Gasteiger partial charge in [0.1, 0.15) is 12.1 Å². The van der Waals surface area contributed by atoms with Gasteiger partial charge >= 0.3 is 12.1 Å². The van der Waals surface area contributed by atoms with E-state index in [4.69, 9.17) is 4.74 Å². The second-order valence-electron chi connectivity index (χ2n) is 6.88. The normalized spacial score (nSPS) is 19.2. The molecule has 8 nitrogen and oxygen atoms in total. The molecule has 2 saturated heterocycles. The summed E-state index contributed by atoms with van der Waals surface area (Å²) >= 11 is 0. The van der Waals surface area contributed by atoms with Crippen molar-refractivity contribution >= 4 is 18.0 Å². The Hall–Kier alpha value is -2.77. The van der Waals surface area contributed by atoms with Gasteiger partial charge < -0.3 is 25.2 Å². The van der Waals surface area contributed by atoms with Crippen LogP contribution < -0.4 is 10.6 Å². The maximum absolute atomic E-state index is 12.7. The average molecular weight is 374 g/mol. The number of ether oxygens (including phenoxy) is 1. The zero-order valence-electron chi connectivity index (χ0n) is 15.6. The second-order valence-corrected chi connectivity index (χ2v) is 6.88. The molecule has 0 aromatic heterocycles. The maximum Gasteiger partial charge on any atom is 0.410 e. The van der Waals surface area contributed by atoms with Crippen molar-refractivity contribution in [3.63, 3.8) is 0 Å². The number of nitrogens with zero attached hydrogens (tertiary/aromatic N) is 2. The van der Waals surface area contributed by atoms with E-state index in [1.807, 2.05) is 30.3 Å².